The molecular formula is C37H39Cl2FN2O7. The van der Waals surface area contributed by atoms with E-state index in [2.05, 4.69) is 10.3 Å². The molecule has 2 aromatic rings. The van der Waals surface area contributed by atoms with E-state index in [4.69, 9.17) is 23.2 Å². The Morgan fingerprint density at radius 3 is 2.49 bits per heavy atom. The first-order valence-corrected chi connectivity index (χ1v) is 17.1. The number of benzodiazepines with no additional fused rings is 1. The summed E-state index contributed by atoms with van der Waals surface area (Å²) in [6, 6.07) is 12.1. The third kappa shape index (κ3) is 5.26. The van der Waals surface area contributed by atoms with Crippen molar-refractivity contribution < 1.29 is 39.2 Å². The number of ketones is 2. The number of nitrogens with one attached hydrogen (secondary N) is 1. The van der Waals surface area contributed by atoms with Crippen molar-refractivity contribution in [2.45, 2.75) is 70.1 Å². The summed E-state index contributed by atoms with van der Waals surface area (Å²) < 4.78 is 16.9. The van der Waals surface area contributed by atoms with Gasteiger partial charge in [-0.1, -0.05) is 66.9 Å². The van der Waals surface area contributed by atoms with Gasteiger partial charge in [-0.15, -0.1) is 0 Å². The number of allylic oxidation sites excluding steroid dienone is 4. The van der Waals surface area contributed by atoms with E-state index < -0.39 is 64.6 Å². The Kier molecular flexibility index (Phi) is 9.08. The van der Waals surface area contributed by atoms with Crippen molar-refractivity contribution in [2.24, 2.45) is 33.6 Å². The summed E-state index contributed by atoms with van der Waals surface area (Å²) in [6.07, 6.45) is 2.94. The van der Waals surface area contributed by atoms with E-state index in [1.165, 1.54) is 12.2 Å². The number of hydrogen-bond donors (Lipinski definition) is 5. The van der Waals surface area contributed by atoms with Gasteiger partial charge in [-0.3, -0.25) is 14.4 Å². The molecular weight excluding hydrogens is 674 g/mol. The molecule has 1 unspecified atom stereocenters. The minimum absolute atomic E-state index is 0.0676. The van der Waals surface area contributed by atoms with E-state index in [0.29, 0.717) is 57.4 Å². The maximum absolute atomic E-state index is 16.9. The Morgan fingerprint density at radius 2 is 1.80 bits per heavy atom. The summed E-state index contributed by atoms with van der Waals surface area (Å²) in [5.41, 5.74) is -2.99. The van der Waals surface area contributed by atoms with Crippen molar-refractivity contribution in [1.29, 1.82) is 0 Å². The van der Waals surface area contributed by atoms with Crippen LogP contribution >= 0.6 is 23.2 Å². The lowest BCUT2D eigenvalue weighted by Crippen LogP contribution is -2.69. The summed E-state index contributed by atoms with van der Waals surface area (Å²) in [5.74, 6) is -2.72. The van der Waals surface area contributed by atoms with Crippen LogP contribution in [0.2, 0.25) is 10.0 Å². The minimum atomic E-state index is -1.98. The third-order valence-corrected chi connectivity index (χ3v) is 12.5. The number of anilines is 1. The molecule has 0 aromatic heterocycles. The zero-order valence-corrected chi connectivity index (χ0v) is 28.8. The molecule has 0 radical (unpaired) electrons. The van der Waals surface area contributed by atoms with Crippen LogP contribution in [-0.4, -0.2) is 73.8 Å². The number of rotatable bonds is 3. The SMILES string of the molecule is C[C@@H]1C[C@H]2[C@@H]3CCC4=CC(=O)C=C[C@]4(C)[C@@]3(F)[C@@H](O)C[C@]2(C)[C@@]1(O)C(=O)CO.O=C1Nc2ccc(Cl)cc2C(c2ccccc2Cl)=NC1O. The van der Waals surface area contributed by atoms with E-state index in [1.807, 2.05) is 0 Å². The number of carbonyl (C=O) groups is 3. The number of nitrogens with zero attached hydrogens (tertiary/aromatic N) is 1. The van der Waals surface area contributed by atoms with Gasteiger partial charge in [-0.2, -0.15) is 0 Å². The van der Waals surface area contributed by atoms with Gasteiger partial charge in [0.2, 0.25) is 6.23 Å². The van der Waals surface area contributed by atoms with Gasteiger partial charge in [0, 0.05) is 37.9 Å². The molecule has 0 bridgehead atoms. The number of Topliss-reactive ketones (excluding diaryl/α,β-unsaturated/α-hetero) is 1. The number of halogens is 3. The molecule has 5 N–H and O–H groups in total. The second-order valence-electron chi connectivity index (χ2n) is 14.3. The van der Waals surface area contributed by atoms with Gasteiger partial charge in [0.1, 0.15) is 12.2 Å². The third-order valence-electron chi connectivity index (χ3n) is 11.9. The number of carbonyl (C=O) groups excluding carboxylic acids is 3. The molecule has 12 heteroatoms. The number of aliphatic hydroxyl groups excluding tert-OH is 3. The van der Waals surface area contributed by atoms with Crippen LogP contribution in [0.1, 0.15) is 57.6 Å². The smallest absolute Gasteiger partial charge is 0.276 e. The molecule has 9 nitrogen and oxygen atoms in total. The highest BCUT2D eigenvalue weighted by Gasteiger charge is 2.75. The molecule has 2 aromatic carbocycles. The summed E-state index contributed by atoms with van der Waals surface area (Å²) in [5, 5.41) is 45.4. The predicted octanol–water partition coefficient (Wildman–Crippen LogP) is 5.00. The van der Waals surface area contributed by atoms with Gasteiger partial charge in [-0.05, 0) is 80.9 Å². The van der Waals surface area contributed by atoms with Gasteiger partial charge in [0.15, 0.2) is 17.2 Å². The second-order valence-corrected chi connectivity index (χ2v) is 15.1. The average molecular weight is 714 g/mol. The fourth-order valence-corrected chi connectivity index (χ4v) is 9.80. The number of aliphatic imine (C=N–C) groups is 1. The summed E-state index contributed by atoms with van der Waals surface area (Å²) in [6.45, 7) is 4.48. The fraction of sp³-hybridized carbons (Fsp3) is 0.459. The topological polar surface area (TPSA) is 157 Å². The predicted molar refractivity (Wildman–Crippen MR) is 183 cm³/mol. The molecule has 0 saturated heterocycles. The number of aliphatic hydroxyl groups is 4. The van der Waals surface area contributed by atoms with E-state index >= 15 is 4.39 Å². The first-order chi connectivity index (χ1) is 23.0. The number of benzene rings is 2. The van der Waals surface area contributed by atoms with Gasteiger partial charge >= 0.3 is 0 Å². The Labute approximate surface area is 293 Å². The molecule has 3 fully saturated rings. The van der Waals surface area contributed by atoms with E-state index in [-0.39, 0.29) is 18.1 Å². The molecule has 49 heavy (non-hydrogen) atoms. The molecule has 1 amide bonds. The number of alkyl halides is 1. The van der Waals surface area contributed by atoms with Gasteiger partial charge < -0.3 is 25.7 Å². The maximum atomic E-state index is 16.9. The average Bonchev–Trinajstić information content (AvgIpc) is 3.18. The standard InChI is InChI=1S/C22H29FO5.C15H10Cl2N2O2/c1-12-8-16-15-5-4-13-9-14(25)6-7-19(13,2)21(15,23)17(26)10-20(16,3)22(12,28)18(27)11-24;16-8-5-6-12-10(7-8)13(19-15(21)14(20)18-12)9-3-1-2-4-11(9)17/h6-7,9,12,15-17,24,26,28H,4-5,8,10-11H2,1-3H3;1-7,15,21H,(H,18,20)/t12-,15+,16+,17+,19+,20+,21+,22+;/m1./s1. The van der Waals surface area contributed by atoms with Crippen molar-refractivity contribution in [1.82, 2.24) is 0 Å². The van der Waals surface area contributed by atoms with Crippen molar-refractivity contribution in [3.05, 3.63) is 87.4 Å². The normalized spacial score (nSPS) is 37.6. The summed E-state index contributed by atoms with van der Waals surface area (Å²) in [7, 11) is 0. The molecule has 9 atom stereocenters. The van der Waals surface area contributed by atoms with Crippen molar-refractivity contribution in [2.75, 3.05) is 11.9 Å². The van der Waals surface area contributed by atoms with Crippen LogP contribution < -0.4 is 5.32 Å². The number of amides is 1. The lowest BCUT2D eigenvalue weighted by molar-refractivity contribution is -0.219. The molecule has 3 saturated carbocycles. The van der Waals surface area contributed by atoms with Crippen LogP contribution in [0.3, 0.4) is 0 Å². The quantitative estimate of drug-likeness (QED) is 0.300. The Balaban J connectivity index is 0.000000177. The Morgan fingerprint density at radius 1 is 1.08 bits per heavy atom. The van der Waals surface area contributed by atoms with Gasteiger partial charge in [-0.25, -0.2) is 9.38 Å². The van der Waals surface area contributed by atoms with E-state index in [0.717, 1.165) is 0 Å². The molecule has 1 heterocycles. The highest BCUT2D eigenvalue weighted by Crippen LogP contribution is 2.70. The summed E-state index contributed by atoms with van der Waals surface area (Å²) >= 11 is 12.2. The molecule has 4 aliphatic carbocycles. The fourth-order valence-electron chi connectivity index (χ4n) is 9.40. The first kappa shape index (κ1) is 35.6. The maximum Gasteiger partial charge on any atom is 0.276 e. The minimum Gasteiger partial charge on any atom is -0.390 e. The van der Waals surface area contributed by atoms with Gasteiger partial charge in [0.25, 0.3) is 5.91 Å². The number of hydrogen-bond acceptors (Lipinski definition) is 8. The lowest BCUT2D eigenvalue weighted by atomic mass is 9.44. The Bertz CT molecular complexity index is 1830. The second kappa shape index (κ2) is 12.5. The first-order valence-electron chi connectivity index (χ1n) is 16.3. The van der Waals surface area contributed by atoms with Crippen LogP contribution in [-0.2, 0) is 14.4 Å². The Hall–Kier alpha value is -3.25. The summed E-state index contributed by atoms with van der Waals surface area (Å²) in [4.78, 5) is 40.3. The molecule has 7 rings (SSSR count). The van der Waals surface area contributed by atoms with Crippen LogP contribution in [0.5, 0.6) is 0 Å². The molecule has 0 spiro atoms. The lowest BCUT2D eigenvalue weighted by Gasteiger charge is -2.62. The monoisotopic (exact) mass is 712 g/mol. The zero-order valence-electron chi connectivity index (χ0n) is 27.3. The molecule has 260 valence electrons. The van der Waals surface area contributed by atoms with Crippen LogP contribution in [0.25, 0.3) is 0 Å². The number of fused-ring (bicyclic) bond motifs is 6. The van der Waals surface area contributed by atoms with E-state index in [1.54, 1.807) is 69.3 Å². The van der Waals surface area contributed by atoms with Crippen LogP contribution in [0.15, 0.2) is 71.3 Å². The zero-order chi connectivity index (χ0) is 35.7. The van der Waals surface area contributed by atoms with Crippen molar-refractivity contribution >= 4 is 52.1 Å². The van der Waals surface area contributed by atoms with Crippen LogP contribution in [0, 0.1) is 28.6 Å². The molecule has 1 aliphatic heterocycles. The largest absolute Gasteiger partial charge is 0.390 e. The van der Waals surface area contributed by atoms with Crippen LogP contribution in [0.4, 0.5) is 10.1 Å². The van der Waals surface area contributed by atoms with Crippen molar-refractivity contribution in [3.8, 4) is 0 Å². The van der Waals surface area contributed by atoms with E-state index in [9.17, 15) is 34.8 Å². The van der Waals surface area contributed by atoms with Gasteiger partial charge in [0.05, 0.1) is 17.5 Å². The van der Waals surface area contributed by atoms with Crippen molar-refractivity contribution in [3.63, 3.8) is 0 Å². The molecule has 5 aliphatic rings. The highest BCUT2D eigenvalue weighted by atomic mass is 35.5. The highest BCUT2D eigenvalue weighted by molar-refractivity contribution is 6.37.